The quantitative estimate of drug-likeness (QED) is 0.926. The van der Waals surface area contributed by atoms with Crippen LogP contribution in [0.3, 0.4) is 0 Å². The highest BCUT2D eigenvalue weighted by molar-refractivity contribution is 9.10. The highest BCUT2D eigenvalue weighted by Gasteiger charge is 2.08. The number of rotatable bonds is 4. The molecule has 0 saturated heterocycles. The van der Waals surface area contributed by atoms with Crippen LogP contribution in [-0.4, -0.2) is 16.5 Å². The summed E-state index contributed by atoms with van der Waals surface area (Å²) in [7, 11) is 0. The van der Waals surface area contributed by atoms with E-state index in [4.69, 9.17) is 0 Å². The van der Waals surface area contributed by atoms with Crippen LogP contribution in [0, 0.1) is 6.92 Å². The monoisotopic (exact) mass is 305 g/mol. The summed E-state index contributed by atoms with van der Waals surface area (Å²) in [6, 6.07) is 6.23. The van der Waals surface area contributed by atoms with E-state index in [2.05, 4.69) is 63.3 Å². The third-order valence-corrected chi connectivity index (χ3v) is 3.54. The molecule has 0 unspecified atom stereocenters. The maximum Gasteiger partial charge on any atom is 0.152 e. The van der Waals surface area contributed by atoms with Gasteiger partial charge < -0.3 is 5.32 Å². The predicted octanol–water partition coefficient (Wildman–Crippen LogP) is 4.04. The lowest BCUT2D eigenvalue weighted by Crippen LogP contribution is -2.04. The van der Waals surface area contributed by atoms with Crippen LogP contribution in [-0.2, 0) is 0 Å². The summed E-state index contributed by atoms with van der Waals surface area (Å²) in [5.74, 6) is 0.843. The van der Waals surface area contributed by atoms with Crippen LogP contribution in [0.5, 0.6) is 0 Å². The van der Waals surface area contributed by atoms with Gasteiger partial charge in [-0.05, 0) is 25.0 Å². The molecule has 0 radical (unpaired) electrons. The van der Waals surface area contributed by atoms with Gasteiger partial charge in [0.15, 0.2) is 5.82 Å². The minimum absolute atomic E-state index is 0.843. The van der Waals surface area contributed by atoms with Gasteiger partial charge in [-0.1, -0.05) is 35.0 Å². The number of halogens is 1. The fourth-order valence-corrected chi connectivity index (χ4v) is 2.04. The lowest BCUT2D eigenvalue weighted by Gasteiger charge is -2.10. The number of benzene rings is 1. The minimum Gasteiger partial charge on any atom is -0.368 e. The molecule has 0 aliphatic carbocycles. The molecular formula is C14H16BrN3. The maximum absolute atomic E-state index is 4.43. The smallest absolute Gasteiger partial charge is 0.152 e. The van der Waals surface area contributed by atoms with Crippen LogP contribution in [0.25, 0.3) is 11.3 Å². The Morgan fingerprint density at radius 1 is 1.22 bits per heavy atom. The normalized spacial score (nSPS) is 10.4. The first kappa shape index (κ1) is 13.0. The lowest BCUT2D eigenvalue weighted by atomic mass is 10.1. The molecule has 4 heteroatoms. The molecule has 0 fully saturated rings. The van der Waals surface area contributed by atoms with Crippen molar-refractivity contribution in [1.82, 2.24) is 9.97 Å². The Bertz CT molecular complexity index is 540. The molecule has 0 bridgehead atoms. The Morgan fingerprint density at radius 3 is 2.72 bits per heavy atom. The van der Waals surface area contributed by atoms with E-state index in [1.165, 1.54) is 5.56 Å². The van der Waals surface area contributed by atoms with E-state index in [-0.39, 0.29) is 0 Å². The van der Waals surface area contributed by atoms with Gasteiger partial charge in [-0.25, -0.2) is 4.98 Å². The topological polar surface area (TPSA) is 37.8 Å². The van der Waals surface area contributed by atoms with Gasteiger partial charge in [0, 0.05) is 29.0 Å². The molecule has 2 rings (SSSR count). The molecule has 0 aliphatic rings. The molecule has 1 aromatic carbocycles. The number of nitrogens with zero attached hydrogens (tertiary/aromatic N) is 2. The molecule has 1 heterocycles. The maximum atomic E-state index is 4.43. The van der Waals surface area contributed by atoms with E-state index in [0.29, 0.717) is 0 Å². The second-order valence-corrected chi connectivity index (χ2v) is 5.00. The zero-order chi connectivity index (χ0) is 13.0. The van der Waals surface area contributed by atoms with E-state index in [0.717, 1.165) is 34.5 Å². The molecule has 0 amide bonds. The van der Waals surface area contributed by atoms with Gasteiger partial charge in [0.25, 0.3) is 0 Å². The molecule has 94 valence electrons. The molecule has 0 saturated carbocycles. The van der Waals surface area contributed by atoms with Crippen LogP contribution in [0.1, 0.15) is 18.9 Å². The first-order valence-corrected chi connectivity index (χ1v) is 6.83. The first-order valence-electron chi connectivity index (χ1n) is 6.03. The first-order chi connectivity index (χ1) is 8.72. The highest BCUT2D eigenvalue weighted by Crippen LogP contribution is 2.27. The van der Waals surface area contributed by atoms with Gasteiger partial charge in [0.05, 0.1) is 0 Å². The van der Waals surface area contributed by atoms with Crippen LogP contribution in [0.2, 0.25) is 0 Å². The molecule has 18 heavy (non-hydrogen) atoms. The Morgan fingerprint density at radius 2 is 2.00 bits per heavy atom. The Labute approximate surface area is 116 Å². The number of nitrogens with one attached hydrogen (secondary N) is 1. The number of hydrogen-bond donors (Lipinski definition) is 1. The van der Waals surface area contributed by atoms with Crippen molar-refractivity contribution in [3.8, 4) is 11.3 Å². The summed E-state index contributed by atoms with van der Waals surface area (Å²) in [6.45, 7) is 5.10. The van der Waals surface area contributed by atoms with Crippen molar-refractivity contribution >= 4 is 21.7 Å². The number of hydrogen-bond acceptors (Lipinski definition) is 3. The van der Waals surface area contributed by atoms with Gasteiger partial charge >= 0.3 is 0 Å². The van der Waals surface area contributed by atoms with Crippen molar-refractivity contribution in [3.63, 3.8) is 0 Å². The standard InChI is InChI=1S/C14H16BrN3/c1-3-6-17-14-13(16-7-8-18-14)11-5-4-10(2)12(15)9-11/h4-5,7-9H,3,6H2,1-2H3,(H,17,18). The number of aromatic nitrogens is 2. The van der Waals surface area contributed by atoms with Crippen LogP contribution in [0.15, 0.2) is 35.1 Å². The van der Waals surface area contributed by atoms with Gasteiger partial charge in [-0.15, -0.1) is 0 Å². The third-order valence-electron chi connectivity index (χ3n) is 2.69. The Kier molecular flexibility index (Phi) is 4.31. The predicted molar refractivity (Wildman–Crippen MR) is 78.7 cm³/mol. The summed E-state index contributed by atoms with van der Waals surface area (Å²) in [5, 5.41) is 3.31. The average molecular weight is 306 g/mol. The molecule has 0 atom stereocenters. The van der Waals surface area contributed by atoms with Crippen molar-refractivity contribution < 1.29 is 0 Å². The van der Waals surface area contributed by atoms with E-state index in [1.807, 2.05) is 0 Å². The zero-order valence-electron chi connectivity index (χ0n) is 10.6. The van der Waals surface area contributed by atoms with Crippen LogP contribution in [0.4, 0.5) is 5.82 Å². The van der Waals surface area contributed by atoms with E-state index in [1.54, 1.807) is 12.4 Å². The van der Waals surface area contributed by atoms with Crippen molar-refractivity contribution in [2.45, 2.75) is 20.3 Å². The number of aryl methyl sites for hydroxylation is 1. The molecular weight excluding hydrogens is 290 g/mol. The molecule has 1 aromatic heterocycles. The van der Waals surface area contributed by atoms with Gasteiger partial charge in [-0.3, -0.25) is 4.98 Å². The average Bonchev–Trinajstić information content (AvgIpc) is 2.40. The molecule has 1 N–H and O–H groups in total. The summed E-state index contributed by atoms with van der Waals surface area (Å²) < 4.78 is 1.09. The van der Waals surface area contributed by atoms with Crippen molar-refractivity contribution in [1.29, 1.82) is 0 Å². The second kappa shape index (κ2) is 5.96. The van der Waals surface area contributed by atoms with Crippen LogP contribution < -0.4 is 5.32 Å². The third kappa shape index (κ3) is 2.88. The minimum atomic E-state index is 0.843. The fourth-order valence-electron chi connectivity index (χ4n) is 1.66. The Hall–Kier alpha value is -1.42. The largest absolute Gasteiger partial charge is 0.368 e. The van der Waals surface area contributed by atoms with Crippen molar-refractivity contribution in [2.75, 3.05) is 11.9 Å². The summed E-state index contributed by atoms with van der Waals surface area (Å²) in [4.78, 5) is 8.78. The molecule has 0 spiro atoms. The highest BCUT2D eigenvalue weighted by atomic mass is 79.9. The van der Waals surface area contributed by atoms with Crippen LogP contribution >= 0.6 is 15.9 Å². The summed E-state index contributed by atoms with van der Waals surface area (Å²) in [6.07, 6.45) is 4.50. The summed E-state index contributed by atoms with van der Waals surface area (Å²) in [5.41, 5.74) is 3.18. The van der Waals surface area contributed by atoms with E-state index >= 15 is 0 Å². The molecule has 2 aromatic rings. The SMILES string of the molecule is CCCNc1nccnc1-c1ccc(C)c(Br)c1. The Balaban J connectivity index is 2.39. The van der Waals surface area contributed by atoms with Gasteiger partial charge in [0.1, 0.15) is 5.69 Å². The zero-order valence-corrected chi connectivity index (χ0v) is 12.2. The summed E-state index contributed by atoms with van der Waals surface area (Å²) >= 11 is 3.55. The second-order valence-electron chi connectivity index (χ2n) is 4.14. The number of anilines is 1. The van der Waals surface area contributed by atoms with Crippen molar-refractivity contribution in [2.24, 2.45) is 0 Å². The van der Waals surface area contributed by atoms with E-state index in [9.17, 15) is 0 Å². The van der Waals surface area contributed by atoms with E-state index < -0.39 is 0 Å². The van der Waals surface area contributed by atoms with Crippen molar-refractivity contribution in [3.05, 3.63) is 40.6 Å². The van der Waals surface area contributed by atoms with Gasteiger partial charge in [0.2, 0.25) is 0 Å². The molecule has 0 aliphatic heterocycles. The molecule has 3 nitrogen and oxygen atoms in total. The lowest BCUT2D eigenvalue weighted by molar-refractivity contribution is 0.966. The van der Waals surface area contributed by atoms with Gasteiger partial charge in [-0.2, -0.15) is 0 Å². The fraction of sp³-hybridized carbons (Fsp3) is 0.286.